The molecule has 1 heterocycles. The minimum atomic E-state index is 0.363. The summed E-state index contributed by atoms with van der Waals surface area (Å²) in [7, 11) is 2.24. The van der Waals surface area contributed by atoms with E-state index in [2.05, 4.69) is 61.3 Å². The Kier molecular flexibility index (Phi) is 3.44. The van der Waals surface area contributed by atoms with E-state index in [1.54, 1.807) is 6.07 Å². The fraction of sp³-hybridized carbons (Fsp3) is 0.250. The molecule has 3 aromatic rings. The summed E-state index contributed by atoms with van der Waals surface area (Å²) in [6.07, 6.45) is 2.15. The molecule has 0 fully saturated rings. The minimum Gasteiger partial charge on any atom is -0.507 e. The molecule has 1 N–H and O–H groups in total. The minimum absolute atomic E-state index is 0.363. The van der Waals surface area contributed by atoms with Crippen molar-refractivity contribution < 1.29 is 5.11 Å². The van der Waals surface area contributed by atoms with E-state index in [0.717, 1.165) is 36.1 Å². The van der Waals surface area contributed by atoms with E-state index in [0.29, 0.717) is 11.8 Å². The molecule has 0 radical (unpaired) electrons. The maximum absolute atomic E-state index is 10.6. The Morgan fingerprint density at radius 2 is 1.62 bits per heavy atom. The number of benzene rings is 3. The zero-order valence-corrected chi connectivity index (χ0v) is 15.3. The highest BCUT2D eigenvalue weighted by Crippen LogP contribution is 2.49. The highest BCUT2D eigenvalue weighted by Gasteiger charge is 2.33. The number of likely N-dealkylation sites (N-methyl/N-ethyl adjacent to an activating group) is 1. The highest BCUT2D eigenvalue weighted by molar-refractivity contribution is 5.92. The molecule has 130 valence electrons. The standard InChI is InChI=1S/C24H23NO/c1-15-6-3-11-21(26)22(15)18-9-5-8-17-14-20-24-16(12-13-25(20)2)7-4-10-19(24)23(17)18/h3-11,20,26H,12-14H2,1-2H3. The van der Waals surface area contributed by atoms with Gasteiger partial charge in [0.2, 0.25) is 0 Å². The quantitative estimate of drug-likeness (QED) is 0.664. The van der Waals surface area contributed by atoms with Gasteiger partial charge in [-0.2, -0.15) is 0 Å². The Labute approximate surface area is 154 Å². The predicted molar refractivity (Wildman–Crippen MR) is 106 cm³/mol. The molecule has 2 nitrogen and oxygen atoms in total. The van der Waals surface area contributed by atoms with Gasteiger partial charge in [0.05, 0.1) is 0 Å². The summed E-state index contributed by atoms with van der Waals surface area (Å²) < 4.78 is 0. The van der Waals surface area contributed by atoms with E-state index in [1.165, 1.54) is 27.8 Å². The molecule has 1 unspecified atom stereocenters. The lowest BCUT2D eigenvalue weighted by Crippen LogP contribution is -2.35. The van der Waals surface area contributed by atoms with Crippen LogP contribution in [0.1, 0.15) is 28.3 Å². The van der Waals surface area contributed by atoms with Gasteiger partial charge in [0, 0.05) is 18.2 Å². The molecule has 1 aliphatic carbocycles. The lowest BCUT2D eigenvalue weighted by atomic mass is 9.75. The first kappa shape index (κ1) is 15.7. The van der Waals surface area contributed by atoms with Gasteiger partial charge in [-0.25, -0.2) is 0 Å². The van der Waals surface area contributed by atoms with Gasteiger partial charge in [0.15, 0.2) is 0 Å². The summed E-state index contributed by atoms with van der Waals surface area (Å²) in [5, 5.41) is 10.6. The van der Waals surface area contributed by atoms with Crippen LogP contribution in [0.5, 0.6) is 5.75 Å². The number of rotatable bonds is 1. The number of phenols is 1. The Morgan fingerprint density at radius 1 is 0.885 bits per heavy atom. The Balaban J connectivity index is 1.83. The summed E-state index contributed by atoms with van der Waals surface area (Å²) >= 11 is 0. The first-order chi connectivity index (χ1) is 12.6. The van der Waals surface area contributed by atoms with Crippen LogP contribution in [0.15, 0.2) is 54.6 Å². The molecule has 26 heavy (non-hydrogen) atoms. The molecule has 2 heteroatoms. The summed E-state index contributed by atoms with van der Waals surface area (Å²) in [4.78, 5) is 2.49. The number of hydrogen-bond donors (Lipinski definition) is 1. The summed E-state index contributed by atoms with van der Waals surface area (Å²) in [5.74, 6) is 0.363. The Bertz CT molecular complexity index is 1000. The predicted octanol–water partition coefficient (Wildman–Crippen LogP) is 5.12. The average molecular weight is 341 g/mol. The molecule has 0 saturated carbocycles. The van der Waals surface area contributed by atoms with Crippen LogP contribution >= 0.6 is 0 Å². The van der Waals surface area contributed by atoms with Gasteiger partial charge in [0.1, 0.15) is 5.75 Å². The molecule has 0 amide bonds. The molecule has 1 aliphatic heterocycles. The molecular weight excluding hydrogens is 318 g/mol. The normalized spacial score (nSPS) is 18.3. The van der Waals surface area contributed by atoms with Gasteiger partial charge in [0.25, 0.3) is 0 Å². The van der Waals surface area contributed by atoms with Gasteiger partial charge in [-0.05, 0) is 71.8 Å². The van der Waals surface area contributed by atoms with Crippen LogP contribution in [0.2, 0.25) is 0 Å². The van der Waals surface area contributed by atoms with E-state index in [1.807, 2.05) is 6.07 Å². The zero-order chi connectivity index (χ0) is 17.8. The van der Waals surface area contributed by atoms with Crippen molar-refractivity contribution in [1.29, 1.82) is 0 Å². The van der Waals surface area contributed by atoms with E-state index in [4.69, 9.17) is 0 Å². The lowest BCUT2D eigenvalue weighted by molar-refractivity contribution is 0.228. The first-order valence-corrected chi connectivity index (χ1v) is 9.38. The molecule has 3 aromatic carbocycles. The monoisotopic (exact) mass is 341 g/mol. The van der Waals surface area contributed by atoms with E-state index >= 15 is 0 Å². The van der Waals surface area contributed by atoms with Crippen LogP contribution in [0, 0.1) is 6.92 Å². The lowest BCUT2D eigenvalue weighted by Gasteiger charge is -2.40. The van der Waals surface area contributed by atoms with Crippen molar-refractivity contribution in [3.8, 4) is 28.0 Å². The van der Waals surface area contributed by atoms with Crippen molar-refractivity contribution >= 4 is 0 Å². The third-order valence-electron chi connectivity index (χ3n) is 6.15. The van der Waals surface area contributed by atoms with Crippen LogP contribution in [-0.4, -0.2) is 23.6 Å². The second-order valence-electron chi connectivity index (χ2n) is 7.64. The van der Waals surface area contributed by atoms with Crippen molar-refractivity contribution in [3.63, 3.8) is 0 Å². The number of hydrogen-bond acceptors (Lipinski definition) is 2. The van der Waals surface area contributed by atoms with Crippen molar-refractivity contribution in [2.75, 3.05) is 13.6 Å². The highest BCUT2D eigenvalue weighted by atomic mass is 16.3. The Hall–Kier alpha value is -2.58. The Morgan fingerprint density at radius 3 is 2.42 bits per heavy atom. The molecule has 0 aromatic heterocycles. The SMILES string of the molecule is Cc1cccc(O)c1-c1cccc2c1-c1cccc3c1C(C2)N(C)CC3. The van der Waals surface area contributed by atoms with E-state index < -0.39 is 0 Å². The topological polar surface area (TPSA) is 23.5 Å². The molecule has 0 saturated heterocycles. The third kappa shape index (κ3) is 2.15. The third-order valence-corrected chi connectivity index (χ3v) is 6.15. The van der Waals surface area contributed by atoms with Crippen LogP contribution in [0.3, 0.4) is 0 Å². The van der Waals surface area contributed by atoms with Crippen molar-refractivity contribution in [2.24, 2.45) is 0 Å². The number of fused-ring (bicyclic) bond motifs is 2. The van der Waals surface area contributed by atoms with Crippen molar-refractivity contribution in [3.05, 3.63) is 76.9 Å². The molecule has 2 aliphatic rings. The van der Waals surface area contributed by atoms with E-state index in [-0.39, 0.29) is 0 Å². The van der Waals surface area contributed by atoms with Crippen molar-refractivity contribution in [1.82, 2.24) is 4.90 Å². The van der Waals surface area contributed by atoms with Gasteiger partial charge < -0.3 is 5.11 Å². The van der Waals surface area contributed by atoms with Gasteiger partial charge in [-0.15, -0.1) is 0 Å². The first-order valence-electron chi connectivity index (χ1n) is 9.38. The maximum atomic E-state index is 10.6. The summed E-state index contributed by atoms with van der Waals surface area (Å²) in [5.41, 5.74) is 10.2. The van der Waals surface area contributed by atoms with Crippen LogP contribution in [-0.2, 0) is 12.8 Å². The second-order valence-corrected chi connectivity index (χ2v) is 7.64. The summed E-state index contributed by atoms with van der Waals surface area (Å²) in [6, 6.07) is 19.6. The number of aryl methyl sites for hydroxylation is 1. The fourth-order valence-electron chi connectivity index (χ4n) is 4.88. The molecule has 5 rings (SSSR count). The van der Waals surface area contributed by atoms with Crippen LogP contribution in [0.4, 0.5) is 0 Å². The summed E-state index contributed by atoms with van der Waals surface area (Å²) in [6.45, 7) is 3.20. The van der Waals surface area contributed by atoms with E-state index in [9.17, 15) is 5.11 Å². The number of nitrogens with zero attached hydrogens (tertiary/aromatic N) is 1. The molecule has 1 atom stereocenters. The largest absolute Gasteiger partial charge is 0.507 e. The smallest absolute Gasteiger partial charge is 0.123 e. The second kappa shape index (κ2) is 5.72. The zero-order valence-electron chi connectivity index (χ0n) is 15.3. The van der Waals surface area contributed by atoms with Crippen molar-refractivity contribution in [2.45, 2.75) is 25.8 Å². The maximum Gasteiger partial charge on any atom is 0.123 e. The molecule has 0 bridgehead atoms. The van der Waals surface area contributed by atoms with Crippen LogP contribution in [0.25, 0.3) is 22.3 Å². The molecule has 0 spiro atoms. The average Bonchev–Trinajstić information content (AvgIpc) is 2.64. The van der Waals surface area contributed by atoms with Gasteiger partial charge >= 0.3 is 0 Å². The molecular formula is C24H23NO. The van der Waals surface area contributed by atoms with Gasteiger partial charge in [-0.1, -0.05) is 48.5 Å². The van der Waals surface area contributed by atoms with Gasteiger partial charge in [-0.3, -0.25) is 4.90 Å². The fourth-order valence-corrected chi connectivity index (χ4v) is 4.88. The number of aromatic hydroxyl groups is 1. The van der Waals surface area contributed by atoms with Crippen LogP contribution < -0.4 is 0 Å². The number of phenolic OH excluding ortho intramolecular Hbond substituents is 1.